The van der Waals surface area contributed by atoms with Gasteiger partial charge >= 0.3 is 0 Å². The van der Waals surface area contributed by atoms with Crippen molar-refractivity contribution in [3.63, 3.8) is 0 Å². The van der Waals surface area contributed by atoms with Crippen molar-refractivity contribution in [2.75, 3.05) is 32.7 Å². The van der Waals surface area contributed by atoms with E-state index in [0.29, 0.717) is 12.8 Å². The molecule has 1 aromatic carbocycles. The molecule has 418 valence electrons. The molecule has 0 bridgehead atoms. The maximum atomic E-state index is 14.4. The Morgan fingerprint density at radius 3 is 1.62 bits per heavy atom. The van der Waals surface area contributed by atoms with Crippen molar-refractivity contribution < 1.29 is 48.3 Å². The molecule has 1 aliphatic rings. The molecule has 1 saturated heterocycles. The fourth-order valence-electron chi connectivity index (χ4n) is 8.36. The standard InChI is InChI=1S/C51H89N13O10/c1-6-7-8-9-13-16-34(65)29-43(66)57-36(19-23-52)46(69)61-39-22-26-56-44(67)40(27-31(2)3)62-48(71)38(21-25-54)60-51(74)42(30-55)64-50(73)41(28-32(4)5)63-45(68)35(18-17-33-14-11-10-12-15-33)58-47(70)37(20-24-53)59-49(39)72/h10-12,14-15,31-32,34-42,65H,6-9,13,16-30,52-55H2,1-5H3,(H,56,67)(H,57,66)(H,58,70)(H,59,72)(H,60,74)(H,61,69)(H,62,71)(H,63,68)(H,64,73)/t34-,35-,36-,37+,38+,39+,40+,41+,42+/m1/s1. The van der Waals surface area contributed by atoms with Gasteiger partial charge in [-0.2, -0.15) is 0 Å². The molecule has 0 aromatic heterocycles. The summed E-state index contributed by atoms with van der Waals surface area (Å²) in [6, 6.07) is -1.25. The smallest absolute Gasteiger partial charge is 0.244 e. The lowest BCUT2D eigenvalue weighted by atomic mass is 10.00. The minimum absolute atomic E-state index is 0.0414. The molecule has 0 saturated carbocycles. The second kappa shape index (κ2) is 35.4. The highest BCUT2D eigenvalue weighted by molar-refractivity contribution is 5.98. The molecule has 1 fully saturated rings. The van der Waals surface area contributed by atoms with Crippen molar-refractivity contribution in [2.45, 2.75) is 185 Å². The van der Waals surface area contributed by atoms with Crippen LogP contribution in [0.4, 0.5) is 0 Å². The third-order valence-electron chi connectivity index (χ3n) is 12.5. The van der Waals surface area contributed by atoms with Gasteiger partial charge in [0, 0.05) is 13.1 Å². The van der Waals surface area contributed by atoms with Gasteiger partial charge < -0.3 is 75.9 Å². The van der Waals surface area contributed by atoms with Gasteiger partial charge in [-0.25, -0.2) is 0 Å². The van der Waals surface area contributed by atoms with Gasteiger partial charge in [-0.05, 0) is 94.8 Å². The van der Waals surface area contributed by atoms with Gasteiger partial charge in [-0.1, -0.05) is 97.1 Å². The Balaban J connectivity index is 2.66. The van der Waals surface area contributed by atoms with Crippen LogP contribution in [0.15, 0.2) is 30.3 Å². The predicted octanol–water partition coefficient (Wildman–Crippen LogP) is -1.77. The number of aryl methyl sites for hydroxylation is 1. The van der Waals surface area contributed by atoms with Crippen LogP contribution in [0.5, 0.6) is 0 Å². The minimum atomic E-state index is -1.46. The van der Waals surface area contributed by atoms with Crippen LogP contribution >= 0.6 is 0 Å². The maximum absolute atomic E-state index is 14.4. The molecule has 1 heterocycles. The van der Waals surface area contributed by atoms with Crippen LogP contribution in [-0.2, 0) is 49.6 Å². The SMILES string of the molecule is CCCCCCC[C@@H](O)CC(=O)N[C@H](CCN)C(=O)N[C@H]1CCNC(=O)[C@H](CC(C)C)NC(=O)[C@H](CCN)NC(=O)[C@H](CN)NC(=O)[C@H](CC(C)C)NC(=O)[C@@H](CCc2ccccc2)NC(=O)[C@H](CCN)NC1=O. The van der Waals surface area contributed by atoms with E-state index in [1.807, 2.05) is 58.0 Å². The molecule has 23 heteroatoms. The third-order valence-corrected chi connectivity index (χ3v) is 12.5. The summed E-state index contributed by atoms with van der Waals surface area (Å²) in [6.45, 7) is 8.53. The van der Waals surface area contributed by atoms with E-state index in [-0.39, 0.29) is 89.4 Å². The number of carbonyl (C=O) groups excluding carboxylic acids is 9. The van der Waals surface area contributed by atoms with Crippen LogP contribution in [0.25, 0.3) is 0 Å². The molecule has 1 aromatic rings. The van der Waals surface area contributed by atoms with Crippen LogP contribution in [-0.4, -0.2) is 145 Å². The second-order valence-corrected chi connectivity index (χ2v) is 19.9. The summed E-state index contributed by atoms with van der Waals surface area (Å²) in [7, 11) is 0. The van der Waals surface area contributed by atoms with Gasteiger partial charge in [-0.3, -0.25) is 43.2 Å². The van der Waals surface area contributed by atoms with E-state index in [4.69, 9.17) is 22.9 Å². The van der Waals surface area contributed by atoms with Crippen molar-refractivity contribution in [3.05, 3.63) is 35.9 Å². The number of rotatable bonds is 25. The molecule has 0 unspecified atom stereocenters. The third kappa shape index (κ3) is 24.5. The lowest BCUT2D eigenvalue weighted by Gasteiger charge is -2.28. The van der Waals surface area contributed by atoms with Crippen LogP contribution in [0.3, 0.4) is 0 Å². The first-order valence-corrected chi connectivity index (χ1v) is 26.5. The van der Waals surface area contributed by atoms with E-state index < -0.39 is 114 Å². The number of benzene rings is 1. The van der Waals surface area contributed by atoms with Crippen molar-refractivity contribution in [1.82, 2.24) is 47.9 Å². The Hall–Kier alpha value is -5.75. The van der Waals surface area contributed by atoms with Gasteiger partial charge in [0.1, 0.15) is 48.3 Å². The molecule has 18 N–H and O–H groups in total. The molecule has 0 aliphatic carbocycles. The molecule has 0 radical (unpaired) electrons. The van der Waals surface area contributed by atoms with Crippen LogP contribution < -0.4 is 70.8 Å². The Bertz CT molecular complexity index is 1930. The highest BCUT2D eigenvalue weighted by Crippen LogP contribution is 2.13. The number of nitrogens with two attached hydrogens (primary N) is 4. The summed E-state index contributed by atoms with van der Waals surface area (Å²) in [5.41, 5.74) is 24.5. The summed E-state index contributed by atoms with van der Waals surface area (Å²) in [5, 5.41) is 34.6. The normalized spacial score (nSPS) is 23.0. The maximum Gasteiger partial charge on any atom is 0.244 e. The van der Waals surface area contributed by atoms with E-state index in [9.17, 15) is 48.3 Å². The van der Waals surface area contributed by atoms with Crippen LogP contribution in [0, 0.1) is 11.8 Å². The van der Waals surface area contributed by atoms with Gasteiger partial charge in [0.25, 0.3) is 0 Å². The number of unbranched alkanes of at least 4 members (excludes halogenated alkanes) is 4. The van der Waals surface area contributed by atoms with Crippen LogP contribution in [0.1, 0.15) is 130 Å². The van der Waals surface area contributed by atoms with Crippen LogP contribution in [0.2, 0.25) is 0 Å². The Morgan fingerprint density at radius 1 is 0.608 bits per heavy atom. The fourth-order valence-corrected chi connectivity index (χ4v) is 8.36. The summed E-state index contributed by atoms with van der Waals surface area (Å²) in [6.07, 6.45) is 4.03. The first-order valence-electron chi connectivity index (χ1n) is 26.5. The van der Waals surface area contributed by atoms with Gasteiger partial charge in [0.15, 0.2) is 0 Å². The number of carbonyl (C=O) groups is 9. The predicted molar refractivity (Wildman–Crippen MR) is 281 cm³/mol. The number of hydrogen-bond donors (Lipinski definition) is 14. The topological polar surface area (TPSA) is 386 Å². The highest BCUT2D eigenvalue weighted by atomic mass is 16.3. The fraction of sp³-hybridized carbons (Fsp3) is 0.706. The summed E-state index contributed by atoms with van der Waals surface area (Å²) < 4.78 is 0. The first kappa shape index (κ1) is 64.4. The number of nitrogens with one attached hydrogen (secondary N) is 9. The van der Waals surface area contributed by atoms with Crippen molar-refractivity contribution in [2.24, 2.45) is 34.8 Å². The average Bonchev–Trinajstić information content (AvgIpc) is 3.34. The summed E-state index contributed by atoms with van der Waals surface area (Å²) >= 11 is 0. The van der Waals surface area contributed by atoms with Crippen molar-refractivity contribution in [1.29, 1.82) is 0 Å². The molecule has 0 spiro atoms. The van der Waals surface area contributed by atoms with E-state index in [0.717, 1.165) is 37.7 Å². The molecule has 23 nitrogen and oxygen atoms in total. The zero-order valence-electron chi connectivity index (χ0n) is 44.3. The van der Waals surface area contributed by atoms with E-state index in [1.54, 1.807) is 0 Å². The number of hydrogen-bond acceptors (Lipinski definition) is 14. The van der Waals surface area contributed by atoms with Gasteiger partial charge in [0.2, 0.25) is 53.2 Å². The monoisotopic (exact) mass is 1040 g/mol. The Kier molecular flexibility index (Phi) is 30.8. The second-order valence-electron chi connectivity index (χ2n) is 19.9. The lowest BCUT2D eigenvalue weighted by molar-refractivity contribution is -0.136. The zero-order valence-corrected chi connectivity index (χ0v) is 44.3. The summed E-state index contributed by atoms with van der Waals surface area (Å²) in [5.74, 6) is -7.15. The molecule has 9 amide bonds. The van der Waals surface area contributed by atoms with E-state index >= 15 is 0 Å². The molecule has 2 rings (SSSR count). The minimum Gasteiger partial charge on any atom is -0.393 e. The molecule has 74 heavy (non-hydrogen) atoms. The first-order chi connectivity index (χ1) is 35.3. The van der Waals surface area contributed by atoms with E-state index in [2.05, 4.69) is 54.8 Å². The molecular weight excluding hydrogens is 955 g/mol. The average molecular weight is 1040 g/mol. The van der Waals surface area contributed by atoms with Gasteiger partial charge in [-0.15, -0.1) is 0 Å². The van der Waals surface area contributed by atoms with Crippen molar-refractivity contribution >= 4 is 53.2 Å². The quantitative estimate of drug-likeness (QED) is 0.0482. The highest BCUT2D eigenvalue weighted by Gasteiger charge is 2.35. The number of aliphatic hydroxyl groups is 1. The lowest BCUT2D eigenvalue weighted by Crippen LogP contribution is -2.61. The largest absolute Gasteiger partial charge is 0.393 e. The molecule has 1 aliphatic heterocycles. The Morgan fingerprint density at radius 2 is 1.09 bits per heavy atom. The van der Waals surface area contributed by atoms with E-state index in [1.165, 1.54) is 0 Å². The number of amides is 9. The molecule has 9 atom stereocenters. The summed E-state index contributed by atoms with van der Waals surface area (Å²) in [4.78, 5) is 126. The van der Waals surface area contributed by atoms with Crippen molar-refractivity contribution in [3.8, 4) is 0 Å². The Labute approximate surface area is 436 Å². The number of aliphatic hydroxyl groups excluding tert-OH is 1. The zero-order chi connectivity index (χ0) is 55.2. The van der Waals surface area contributed by atoms with Gasteiger partial charge in [0.05, 0.1) is 12.5 Å². The molecular formula is C51H89N13O10.